The van der Waals surface area contributed by atoms with Gasteiger partial charge in [0.15, 0.2) is 0 Å². The monoisotopic (exact) mass is 358 g/mol. The first-order valence-corrected chi connectivity index (χ1v) is 9.61. The number of nitrogens with zero attached hydrogens (tertiary/aromatic N) is 2. The van der Waals surface area contributed by atoms with Gasteiger partial charge in [-0.25, -0.2) is 9.97 Å². The second-order valence-corrected chi connectivity index (χ2v) is 7.51. The average Bonchev–Trinajstić information content (AvgIpc) is 3.39. The summed E-state index contributed by atoms with van der Waals surface area (Å²) in [6, 6.07) is 12.8. The Kier molecular flexibility index (Phi) is 3.60. The Morgan fingerprint density at radius 2 is 1.81 bits per heavy atom. The van der Waals surface area contributed by atoms with Crippen molar-refractivity contribution < 1.29 is 0 Å². The van der Waals surface area contributed by atoms with E-state index in [4.69, 9.17) is 5.73 Å². The summed E-state index contributed by atoms with van der Waals surface area (Å²) in [7, 11) is 0. The van der Waals surface area contributed by atoms with Gasteiger partial charge in [0.05, 0.1) is 10.2 Å². The molecule has 0 aliphatic heterocycles. The van der Waals surface area contributed by atoms with Gasteiger partial charge in [-0.15, -0.1) is 11.3 Å². The van der Waals surface area contributed by atoms with Crippen molar-refractivity contribution in [3.05, 3.63) is 59.2 Å². The van der Waals surface area contributed by atoms with E-state index in [9.17, 15) is 0 Å². The highest BCUT2D eigenvalue weighted by Crippen LogP contribution is 2.34. The van der Waals surface area contributed by atoms with E-state index in [1.165, 1.54) is 12.8 Å². The lowest BCUT2D eigenvalue weighted by atomic mass is 10.0. The Morgan fingerprint density at radius 3 is 2.65 bits per heavy atom. The number of hydrogen-bond acceptors (Lipinski definition) is 5. The highest BCUT2D eigenvalue weighted by atomic mass is 32.1. The summed E-state index contributed by atoms with van der Waals surface area (Å²) in [4.78, 5) is 8.93. The molecule has 1 fully saturated rings. The third-order valence-electron chi connectivity index (χ3n) is 4.73. The summed E-state index contributed by atoms with van der Waals surface area (Å²) in [6.45, 7) is 0. The number of thiophene rings is 1. The highest BCUT2D eigenvalue weighted by molar-refractivity contribution is 7.18. The minimum atomic E-state index is 0.579. The standard InChI is InChI=1S/C21H18N4S/c22-18-10-7-13(16-3-1-2-4-17(16)18)5-6-14-11-26-20-19(14)23-12-24-21(20)25-15-8-9-15/h1-7,10-12,15H,8-9,22H2,(H,23,24,25)/b6-5+. The smallest absolute Gasteiger partial charge is 0.147 e. The highest BCUT2D eigenvalue weighted by Gasteiger charge is 2.22. The molecule has 4 aromatic rings. The van der Waals surface area contributed by atoms with E-state index in [0.29, 0.717) is 6.04 Å². The third-order valence-corrected chi connectivity index (χ3v) is 5.73. The molecule has 26 heavy (non-hydrogen) atoms. The summed E-state index contributed by atoms with van der Waals surface area (Å²) >= 11 is 1.69. The van der Waals surface area contributed by atoms with Crippen molar-refractivity contribution in [1.29, 1.82) is 0 Å². The van der Waals surface area contributed by atoms with Crippen LogP contribution < -0.4 is 11.1 Å². The molecule has 2 aromatic carbocycles. The van der Waals surface area contributed by atoms with Crippen molar-refractivity contribution in [3.63, 3.8) is 0 Å². The first-order valence-electron chi connectivity index (χ1n) is 8.73. The summed E-state index contributed by atoms with van der Waals surface area (Å²) in [6.07, 6.45) is 8.38. The molecule has 3 N–H and O–H groups in total. The molecular formula is C21H18N4S. The summed E-state index contributed by atoms with van der Waals surface area (Å²) in [5.41, 5.74) is 10.2. The van der Waals surface area contributed by atoms with Gasteiger partial charge in [-0.05, 0) is 29.9 Å². The SMILES string of the molecule is Nc1ccc(/C=C/c2csc3c(NC4CC4)ncnc23)c2ccccc12. The van der Waals surface area contributed by atoms with Gasteiger partial charge in [0.2, 0.25) is 0 Å². The maximum atomic E-state index is 6.11. The van der Waals surface area contributed by atoms with Crippen LogP contribution >= 0.6 is 11.3 Å². The Morgan fingerprint density at radius 1 is 1.00 bits per heavy atom. The van der Waals surface area contributed by atoms with E-state index in [-0.39, 0.29) is 0 Å². The fourth-order valence-corrected chi connectivity index (χ4v) is 4.12. The van der Waals surface area contributed by atoms with Crippen LogP contribution in [0.2, 0.25) is 0 Å². The first-order chi connectivity index (χ1) is 12.8. The molecule has 0 spiro atoms. The Balaban J connectivity index is 1.55. The average molecular weight is 358 g/mol. The second kappa shape index (κ2) is 6.11. The predicted octanol–water partition coefficient (Wildman–Crippen LogP) is 5.17. The van der Waals surface area contributed by atoms with Crippen LogP contribution in [-0.2, 0) is 0 Å². The lowest BCUT2D eigenvalue weighted by Gasteiger charge is -2.05. The van der Waals surface area contributed by atoms with E-state index in [0.717, 1.165) is 43.6 Å². The van der Waals surface area contributed by atoms with Gasteiger partial charge in [-0.2, -0.15) is 0 Å². The van der Waals surface area contributed by atoms with Gasteiger partial charge in [0.1, 0.15) is 12.1 Å². The topological polar surface area (TPSA) is 63.8 Å². The molecular weight excluding hydrogens is 340 g/mol. The molecule has 2 heterocycles. The van der Waals surface area contributed by atoms with Crippen molar-refractivity contribution in [3.8, 4) is 0 Å². The number of nitrogen functional groups attached to an aromatic ring is 1. The summed E-state index contributed by atoms with van der Waals surface area (Å²) in [5, 5.41) is 7.89. The molecule has 0 saturated heterocycles. The normalized spacial score (nSPS) is 14.5. The quantitative estimate of drug-likeness (QED) is 0.494. The fraction of sp³-hybridized carbons (Fsp3) is 0.143. The van der Waals surface area contributed by atoms with Crippen molar-refractivity contribution in [2.75, 3.05) is 11.1 Å². The van der Waals surface area contributed by atoms with Crippen LogP contribution in [-0.4, -0.2) is 16.0 Å². The Hall–Kier alpha value is -2.92. The zero-order valence-electron chi connectivity index (χ0n) is 14.1. The van der Waals surface area contributed by atoms with Crippen LogP contribution in [0.15, 0.2) is 48.1 Å². The number of benzene rings is 2. The summed E-state index contributed by atoms with van der Waals surface area (Å²) in [5.74, 6) is 0.958. The molecule has 0 atom stereocenters. The third kappa shape index (κ3) is 2.70. The van der Waals surface area contributed by atoms with Crippen molar-refractivity contribution >= 4 is 56.0 Å². The van der Waals surface area contributed by atoms with E-state index in [1.54, 1.807) is 17.7 Å². The van der Waals surface area contributed by atoms with E-state index in [1.807, 2.05) is 18.2 Å². The van der Waals surface area contributed by atoms with Crippen molar-refractivity contribution in [1.82, 2.24) is 9.97 Å². The minimum Gasteiger partial charge on any atom is -0.398 e. The molecule has 1 aliphatic rings. The number of nitrogens with two attached hydrogens (primary N) is 1. The van der Waals surface area contributed by atoms with Crippen molar-refractivity contribution in [2.24, 2.45) is 0 Å². The molecule has 0 amide bonds. The molecule has 0 unspecified atom stereocenters. The van der Waals surface area contributed by atoms with Crippen LogP contribution in [0.25, 0.3) is 33.1 Å². The van der Waals surface area contributed by atoms with Gasteiger partial charge in [-0.1, -0.05) is 42.5 Å². The molecule has 2 aromatic heterocycles. The largest absolute Gasteiger partial charge is 0.398 e. The zero-order chi connectivity index (χ0) is 17.5. The molecule has 128 valence electrons. The number of hydrogen-bond donors (Lipinski definition) is 2. The van der Waals surface area contributed by atoms with Gasteiger partial charge in [0, 0.05) is 28.1 Å². The van der Waals surface area contributed by atoms with Crippen LogP contribution in [0.3, 0.4) is 0 Å². The van der Waals surface area contributed by atoms with Crippen LogP contribution in [0, 0.1) is 0 Å². The predicted molar refractivity (Wildman–Crippen MR) is 111 cm³/mol. The van der Waals surface area contributed by atoms with Crippen LogP contribution in [0.4, 0.5) is 11.5 Å². The second-order valence-electron chi connectivity index (χ2n) is 6.63. The van der Waals surface area contributed by atoms with Crippen LogP contribution in [0.1, 0.15) is 24.0 Å². The number of aromatic nitrogens is 2. The molecule has 1 aliphatic carbocycles. The summed E-state index contributed by atoms with van der Waals surface area (Å²) < 4.78 is 1.13. The number of fused-ring (bicyclic) bond motifs is 2. The van der Waals surface area contributed by atoms with Crippen molar-refractivity contribution in [2.45, 2.75) is 18.9 Å². The minimum absolute atomic E-state index is 0.579. The number of rotatable bonds is 4. The molecule has 0 bridgehead atoms. The van der Waals surface area contributed by atoms with Gasteiger partial charge in [0.25, 0.3) is 0 Å². The van der Waals surface area contributed by atoms with E-state index in [2.05, 4.69) is 51.0 Å². The molecule has 4 nitrogen and oxygen atoms in total. The van der Waals surface area contributed by atoms with Gasteiger partial charge < -0.3 is 11.1 Å². The van der Waals surface area contributed by atoms with Crippen LogP contribution in [0.5, 0.6) is 0 Å². The van der Waals surface area contributed by atoms with Gasteiger partial charge >= 0.3 is 0 Å². The lowest BCUT2D eigenvalue weighted by molar-refractivity contribution is 1.11. The fourth-order valence-electron chi connectivity index (χ4n) is 3.18. The van der Waals surface area contributed by atoms with E-state index >= 15 is 0 Å². The molecule has 1 saturated carbocycles. The molecule has 0 radical (unpaired) electrons. The maximum absolute atomic E-state index is 6.11. The lowest BCUT2D eigenvalue weighted by Crippen LogP contribution is -2.03. The van der Waals surface area contributed by atoms with E-state index < -0.39 is 0 Å². The first kappa shape index (κ1) is 15.3. The molecule has 5 heteroatoms. The molecule has 5 rings (SSSR count). The Labute approximate surface area is 155 Å². The Bertz CT molecular complexity index is 1140. The number of nitrogens with one attached hydrogen (secondary N) is 1. The zero-order valence-corrected chi connectivity index (χ0v) is 15.0. The maximum Gasteiger partial charge on any atom is 0.147 e. The van der Waals surface area contributed by atoms with Gasteiger partial charge in [-0.3, -0.25) is 0 Å². The number of anilines is 2.